The summed E-state index contributed by atoms with van der Waals surface area (Å²) in [5.74, 6) is 0. The maximum absolute atomic E-state index is 4.77. The Hall–Kier alpha value is -0.540. The van der Waals surface area contributed by atoms with Crippen LogP contribution in [0.1, 0.15) is 76.3 Å². The van der Waals surface area contributed by atoms with Gasteiger partial charge in [0.25, 0.3) is 0 Å². The highest BCUT2D eigenvalue weighted by Crippen LogP contribution is 2.40. The van der Waals surface area contributed by atoms with E-state index >= 15 is 0 Å². The first-order valence-corrected chi connectivity index (χ1v) is 10.1. The summed E-state index contributed by atoms with van der Waals surface area (Å²) in [7, 11) is 0. The van der Waals surface area contributed by atoms with E-state index in [1.807, 2.05) is 6.20 Å². The first kappa shape index (κ1) is 16.3. The van der Waals surface area contributed by atoms with Gasteiger partial charge in [0.05, 0.1) is 0 Å². The molecule has 3 rings (SSSR count). The monoisotopic (exact) mass is 318 g/mol. The van der Waals surface area contributed by atoms with Crippen LogP contribution in [0.4, 0.5) is 0 Å². The van der Waals surface area contributed by atoms with Crippen molar-refractivity contribution in [1.82, 2.24) is 9.88 Å². The van der Waals surface area contributed by atoms with Crippen LogP contribution in [0, 0.1) is 0 Å². The number of likely N-dealkylation sites (tertiary alicyclic amines) is 1. The first-order chi connectivity index (χ1) is 10.9. The van der Waals surface area contributed by atoms with Crippen LogP contribution in [0.2, 0.25) is 0 Å². The Balaban J connectivity index is 1.72. The molecule has 1 atom stereocenters. The Kier molecular flexibility index (Phi) is 6.20. The maximum Gasteiger partial charge on any atom is 0.101 e. The number of rotatable bonds is 6. The van der Waals surface area contributed by atoms with Crippen LogP contribution in [0.3, 0.4) is 0 Å². The van der Waals surface area contributed by atoms with Gasteiger partial charge in [-0.1, -0.05) is 38.7 Å². The highest BCUT2D eigenvalue weighted by Gasteiger charge is 2.28. The van der Waals surface area contributed by atoms with Gasteiger partial charge in [0.1, 0.15) is 5.03 Å². The van der Waals surface area contributed by atoms with Gasteiger partial charge < -0.3 is 0 Å². The quantitative estimate of drug-likeness (QED) is 0.694. The lowest BCUT2D eigenvalue weighted by Crippen LogP contribution is -2.25. The molecule has 1 saturated heterocycles. The van der Waals surface area contributed by atoms with Gasteiger partial charge in [-0.3, -0.25) is 4.90 Å². The van der Waals surface area contributed by atoms with Crippen molar-refractivity contribution in [2.45, 2.75) is 81.0 Å². The Labute approximate surface area is 140 Å². The topological polar surface area (TPSA) is 16.1 Å². The molecule has 1 aromatic heterocycles. The fraction of sp³-hybridized carbons (Fsp3) is 0.737. The molecule has 3 heteroatoms. The zero-order chi connectivity index (χ0) is 15.2. The summed E-state index contributed by atoms with van der Waals surface area (Å²) in [4.78, 5) is 7.47. The van der Waals surface area contributed by atoms with Crippen molar-refractivity contribution in [3.63, 3.8) is 0 Å². The van der Waals surface area contributed by atoms with E-state index in [1.165, 1.54) is 81.5 Å². The van der Waals surface area contributed by atoms with Crippen molar-refractivity contribution in [3.8, 4) is 0 Å². The zero-order valence-corrected chi connectivity index (χ0v) is 14.8. The third kappa shape index (κ3) is 4.05. The standard InChI is InChI=1S/C19H30N2S/c1-2-3-14-21-15-8-12-18(21)17-11-7-13-20-19(17)22-16-9-5-4-6-10-16/h7,11,13,16,18H,2-6,8-10,12,14-15H2,1H3/t18-/m0/s1. The molecular formula is C19H30N2S. The summed E-state index contributed by atoms with van der Waals surface area (Å²) >= 11 is 2.07. The van der Waals surface area contributed by atoms with Crippen molar-refractivity contribution in [2.24, 2.45) is 0 Å². The molecule has 0 unspecified atom stereocenters. The minimum atomic E-state index is 0.617. The molecule has 1 saturated carbocycles. The average molecular weight is 319 g/mol. The second-order valence-electron chi connectivity index (χ2n) is 6.82. The SMILES string of the molecule is CCCCN1CCC[C@H]1c1cccnc1SC1CCCCC1. The lowest BCUT2D eigenvalue weighted by molar-refractivity contribution is 0.250. The second-order valence-corrected chi connectivity index (χ2v) is 8.11. The molecule has 0 spiro atoms. The fourth-order valence-corrected chi connectivity index (χ4v) is 5.25. The summed E-state index contributed by atoms with van der Waals surface area (Å²) in [6.45, 7) is 4.82. The van der Waals surface area contributed by atoms with Crippen LogP contribution in [-0.2, 0) is 0 Å². The minimum Gasteiger partial charge on any atom is -0.296 e. The lowest BCUT2D eigenvalue weighted by Gasteiger charge is -2.27. The summed E-state index contributed by atoms with van der Waals surface area (Å²) in [6, 6.07) is 5.09. The van der Waals surface area contributed by atoms with Gasteiger partial charge >= 0.3 is 0 Å². The van der Waals surface area contributed by atoms with Crippen molar-refractivity contribution in [2.75, 3.05) is 13.1 Å². The molecule has 2 aliphatic rings. The van der Waals surface area contributed by atoms with Crippen molar-refractivity contribution < 1.29 is 0 Å². The molecule has 0 aromatic carbocycles. The van der Waals surface area contributed by atoms with E-state index in [1.54, 1.807) is 0 Å². The highest BCUT2D eigenvalue weighted by atomic mass is 32.2. The van der Waals surface area contributed by atoms with Crippen LogP contribution in [0.15, 0.2) is 23.4 Å². The van der Waals surface area contributed by atoms with Crippen LogP contribution in [0.5, 0.6) is 0 Å². The van der Waals surface area contributed by atoms with Gasteiger partial charge in [-0.15, -0.1) is 11.8 Å². The van der Waals surface area contributed by atoms with Gasteiger partial charge in [0.15, 0.2) is 0 Å². The highest BCUT2D eigenvalue weighted by molar-refractivity contribution is 7.99. The number of unbranched alkanes of at least 4 members (excludes halogenated alkanes) is 1. The second kappa shape index (κ2) is 8.35. The van der Waals surface area contributed by atoms with E-state index in [2.05, 4.69) is 35.7 Å². The van der Waals surface area contributed by atoms with Crippen molar-refractivity contribution >= 4 is 11.8 Å². The largest absolute Gasteiger partial charge is 0.296 e. The predicted octanol–water partition coefficient (Wildman–Crippen LogP) is 5.44. The molecule has 1 aromatic rings. The smallest absolute Gasteiger partial charge is 0.101 e. The van der Waals surface area contributed by atoms with Crippen molar-refractivity contribution in [1.29, 1.82) is 0 Å². The molecule has 0 N–H and O–H groups in total. The molecule has 22 heavy (non-hydrogen) atoms. The molecule has 2 heterocycles. The number of thioether (sulfide) groups is 1. The maximum atomic E-state index is 4.77. The van der Waals surface area contributed by atoms with E-state index in [0.29, 0.717) is 6.04 Å². The number of nitrogens with zero attached hydrogens (tertiary/aromatic N) is 2. The molecule has 0 radical (unpaired) electrons. The molecule has 1 aliphatic carbocycles. The van der Waals surface area contributed by atoms with E-state index in [4.69, 9.17) is 4.98 Å². The Morgan fingerprint density at radius 3 is 2.86 bits per heavy atom. The third-order valence-corrected chi connectivity index (χ3v) is 6.52. The molecule has 2 nitrogen and oxygen atoms in total. The Morgan fingerprint density at radius 2 is 2.05 bits per heavy atom. The van der Waals surface area contributed by atoms with E-state index in [9.17, 15) is 0 Å². The fourth-order valence-electron chi connectivity index (χ4n) is 3.90. The normalized spacial score (nSPS) is 24.0. The molecule has 0 bridgehead atoms. The molecular weight excluding hydrogens is 288 g/mol. The molecule has 1 aliphatic heterocycles. The average Bonchev–Trinajstić information content (AvgIpc) is 3.03. The zero-order valence-electron chi connectivity index (χ0n) is 14.0. The molecule has 122 valence electrons. The van der Waals surface area contributed by atoms with Gasteiger partial charge in [0.2, 0.25) is 0 Å². The van der Waals surface area contributed by atoms with Crippen molar-refractivity contribution in [3.05, 3.63) is 23.9 Å². The first-order valence-electron chi connectivity index (χ1n) is 9.24. The molecule has 2 fully saturated rings. The Bertz CT molecular complexity index is 457. The van der Waals surface area contributed by atoms with Gasteiger partial charge in [-0.25, -0.2) is 4.98 Å². The molecule has 0 amide bonds. The lowest BCUT2D eigenvalue weighted by atomic mass is 10.0. The van der Waals surface area contributed by atoms with E-state index in [-0.39, 0.29) is 0 Å². The number of hydrogen-bond acceptors (Lipinski definition) is 3. The summed E-state index contributed by atoms with van der Waals surface area (Å²) < 4.78 is 0. The van der Waals surface area contributed by atoms with Gasteiger partial charge in [-0.2, -0.15) is 0 Å². The summed E-state index contributed by atoms with van der Waals surface area (Å²) in [5.41, 5.74) is 1.51. The summed E-state index contributed by atoms with van der Waals surface area (Å²) in [5, 5.41) is 2.12. The number of hydrogen-bond donors (Lipinski definition) is 0. The van der Waals surface area contributed by atoms with Gasteiger partial charge in [-0.05, 0) is 51.3 Å². The number of aromatic nitrogens is 1. The predicted molar refractivity (Wildman–Crippen MR) is 95.4 cm³/mol. The van der Waals surface area contributed by atoms with E-state index < -0.39 is 0 Å². The summed E-state index contributed by atoms with van der Waals surface area (Å²) in [6.07, 6.45) is 14.3. The number of pyridine rings is 1. The third-order valence-electron chi connectivity index (χ3n) is 5.15. The van der Waals surface area contributed by atoms with E-state index in [0.717, 1.165) is 5.25 Å². The minimum absolute atomic E-state index is 0.617. The van der Waals surface area contributed by atoms with Crippen LogP contribution >= 0.6 is 11.8 Å². The van der Waals surface area contributed by atoms with Crippen LogP contribution < -0.4 is 0 Å². The van der Waals surface area contributed by atoms with Gasteiger partial charge in [0, 0.05) is 23.1 Å². The van der Waals surface area contributed by atoms with Crippen LogP contribution in [-0.4, -0.2) is 28.2 Å². The van der Waals surface area contributed by atoms with Crippen LogP contribution in [0.25, 0.3) is 0 Å². The Morgan fingerprint density at radius 1 is 1.18 bits per heavy atom.